The standard InChI is InChI=1S/C28H29N7O2/c1-3-12-35(13-14-37-2)28(36)25-15-20-4-5-21(16-24(20)33-25)27-29-11-10-26(34-27)32-23-8-6-19(7-9-23)22-17-30-31-18-22/h4-11,15-18,33H,3,12-14H2,1-2H3,(H,30,31)(H,29,32,34). The number of rotatable bonds is 10. The molecular weight excluding hydrogens is 466 g/mol. The number of benzene rings is 2. The van der Waals surface area contributed by atoms with Gasteiger partial charge in [-0.25, -0.2) is 9.97 Å². The Kier molecular flexibility index (Phi) is 7.23. The third-order valence-electron chi connectivity index (χ3n) is 6.10. The first kappa shape index (κ1) is 24.2. The SMILES string of the molecule is CCCN(CCOC)C(=O)c1cc2ccc(-c3nccc(Nc4ccc(-c5cn[nH]c5)cc4)n3)cc2[nH]1. The summed E-state index contributed by atoms with van der Waals surface area (Å²) in [7, 11) is 1.64. The lowest BCUT2D eigenvalue weighted by atomic mass is 10.1. The largest absolute Gasteiger partial charge is 0.383 e. The molecule has 188 valence electrons. The van der Waals surface area contributed by atoms with E-state index in [1.807, 2.05) is 65.7 Å². The van der Waals surface area contributed by atoms with E-state index in [0.29, 0.717) is 37.0 Å². The van der Waals surface area contributed by atoms with Crippen molar-refractivity contribution in [3.8, 4) is 22.5 Å². The maximum absolute atomic E-state index is 13.1. The first-order valence-corrected chi connectivity index (χ1v) is 12.2. The summed E-state index contributed by atoms with van der Waals surface area (Å²) in [6, 6.07) is 17.7. The van der Waals surface area contributed by atoms with Gasteiger partial charge in [0.2, 0.25) is 0 Å². The number of ether oxygens (including phenoxy) is 1. The van der Waals surface area contributed by atoms with Crippen LogP contribution in [0.2, 0.25) is 0 Å². The van der Waals surface area contributed by atoms with E-state index < -0.39 is 0 Å². The summed E-state index contributed by atoms with van der Waals surface area (Å²) in [5.41, 5.74) is 5.32. The van der Waals surface area contributed by atoms with Crippen molar-refractivity contribution in [3.63, 3.8) is 0 Å². The zero-order valence-corrected chi connectivity index (χ0v) is 20.9. The molecule has 0 bridgehead atoms. The van der Waals surface area contributed by atoms with Crippen LogP contribution in [-0.2, 0) is 4.74 Å². The topological polar surface area (TPSA) is 112 Å². The third-order valence-corrected chi connectivity index (χ3v) is 6.10. The minimum absolute atomic E-state index is 0.0297. The van der Waals surface area contributed by atoms with E-state index in [-0.39, 0.29) is 5.91 Å². The average Bonchev–Trinajstić information content (AvgIpc) is 3.61. The molecule has 3 aromatic heterocycles. The van der Waals surface area contributed by atoms with Crippen LogP contribution in [-0.4, -0.2) is 62.8 Å². The maximum atomic E-state index is 13.1. The van der Waals surface area contributed by atoms with E-state index in [2.05, 4.69) is 32.4 Å². The van der Waals surface area contributed by atoms with Crippen molar-refractivity contribution in [1.82, 2.24) is 30.0 Å². The zero-order chi connectivity index (χ0) is 25.6. The molecule has 0 atom stereocenters. The summed E-state index contributed by atoms with van der Waals surface area (Å²) in [5, 5.41) is 11.1. The highest BCUT2D eigenvalue weighted by molar-refractivity contribution is 5.98. The molecule has 5 aromatic rings. The van der Waals surface area contributed by atoms with Gasteiger partial charge in [-0.1, -0.05) is 31.2 Å². The molecule has 1 amide bonds. The third kappa shape index (κ3) is 5.52. The van der Waals surface area contributed by atoms with Gasteiger partial charge in [-0.05, 0) is 42.3 Å². The Morgan fingerprint density at radius 3 is 2.62 bits per heavy atom. The first-order chi connectivity index (χ1) is 18.1. The van der Waals surface area contributed by atoms with Crippen LogP contribution in [0.5, 0.6) is 0 Å². The second kappa shape index (κ2) is 11.0. The van der Waals surface area contributed by atoms with E-state index in [1.54, 1.807) is 19.5 Å². The lowest BCUT2D eigenvalue weighted by Crippen LogP contribution is -2.34. The molecule has 0 saturated heterocycles. The molecule has 37 heavy (non-hydrogen) atoms. The number of hydrogen-bond acceptors (Lipinski definition) is 6. The van der Waals surface area contributed by atoms with Crippen molar-refractivity contribution >= 4 is 28.3 Å². The highest BCUT2D eigenvalue weighted by Gasteiger charge is 2.17. The van der Waals surface area contributed by atoms with E-state index in [0.717, 1.165) is 39.7 Å². The van der Waals surface area contributed by atoms with Crippen LogP contribution >= 0.6 is 0 Å². The summed E-state index contributed by atoms with van der Waals surface area (Å²) in [5.74, 6) is 1.26. The van der Waals surface area contributed by atoms with Crippen LogP contribution in [0.25, 0.3) is 33.4 Å². The number of nitrogens with zero attached hydrogens (tertiary/aromatic N) is 4. The fourth-order valence-electron chi connectivity index (χ4n) is 4.21. The Labute approximate surface area is 214 Å². The highest BCUT2D eigenvalue weighted by Crippen LogP contribution is 2.26. The average molecular weight is 496 g/mol. The minimum atomic E-state index is -0.0297. The summed E-state index contributed by atoms with van der Waals surface area (Å²) >= 11 is 0. The van der Waals surface area contributed by atoms with Crippen LogP contribution in [0.1, 0.15) is 23.8 Å². The number of fused-ring (bicyclic) bond motifs is 1. The Hall–Kier alpha value is -4.50. The van der Waals surface area contributed by atoms with Gasteiger partial charge in [-0.3, -0.25) is 9.89 Å². The lowest BCUT2D eigenvalue weighted by molar-refractivity contribution is 0.0691. The lowest BCUT2D eigenvalue weighted by Gasteiger charge is -2.20. The molecule has 5 rings (SSSR count). The maximum Gasteiger partial charge on any atom is 0.270 e. The van der Waals surface area contributed by atoms with Crippen LogP contribution in [0.3, 0.4) is 0 Å². The number of aromatic amines is 2. The van der Waals surface area contributed by atoms with Gasteiger partial charge >= 0.3 is 0 Å². The number of methoxy groups -OCH3 is 1. The smallest absolute Gasteiger partial charge is 0.270 e. The monoisotopic (exact) mass is 495 g/mol. The molecular formula is C28H29N7O2. The summed E-state index contributed by atoms with van der Waals surface area (Å²) in [6.45, 7) is 3.81. The first-order valence-electron chi connectivity index (χ1n) is 12.2. The van der Waals surface area contributed by atoms with Crippen molar-refractivity contribution in [2.24, 2.45) is 0 Å². The van der Waals surface area contributed by atoms with Crippen LogP contribution < -0.4 is 5.32 Å². The Morgan fingerprint density at radius 1 is 1.03 bits per heavy atom. The predicted octanol–water partition coefficient (Wildman–Crippen LogP) is 5.26. The molecule has 0 radical (unpaired) electrons. The fraction of sp³-hybridized carbons (Fsp3) is 0.214. The molecule has 0 aliphatic carbocycles. The Balaban J connectivity index is 1.34. The second-order valence-electron chi connectivity index (χ2n) is 8.72. The highest BCUT2D eigenvalue weighted by atomic mass is 16.5. The number of carbonyl (C=O) groups excluding carboxylic acids is 1. The number of aromatic nitrogens is 5. The molecule has 0 unspecified atom stereocenters. The second-order valence-corrected chi connectivity index (χ2v) is 8.72. The van der Waals surface area contributed by atoms with E-state index >= 15 is 0 Å². The van der Waals surface area contributed by atoms with Gasteiger partial charge in [0.1, 0.15) is 11.5 Å². The number of carbonyl (C=O) groups is 1. The molecule has 9 heteroatoms. The van der Waals surface area contributed by atoms with E-state index in [9.17, 15) is 4.79 Å². The summed E-state index contributed by atoms with van der Waals surface area (Å²) < 4.78 is 5.17. The van der Waals surface area contributed by atoms with Crippen molar-refractivity contribution in [1.29, 1.82) is 0 Å². The van der Waals surface area contributed by atoms with Crippen molar-refractivity contribution in [2.45, 2.75) is 13.3 Å². The molecule has 0 fully saturated rings. The van der Waals surface area contributed by atoms with E-state index in [1.165, 1.54) is 0 Å². The zero-order valence-electron chi connectivity index (χ0n) is 20.9. The van der Waals surface area contributed by atoms with Gasteiger partial charge in [-0.15, -0.1) is 0 Å². The van der Waals surface area contributed by atoms with Crippen molar-refractivity contribution in [3.05, 3.63) is 78.9 Å². The number of amides is 1. The fourth-order valence-corrected chi connectivity index (χ4v) is 4.21. The van der Waals surface area contributed by atoms with Gasteiger partial charge in [0, 0.05) is 60.3 Å². The number of nitrogens with one attached hydrogen (secondary N) is 3. The molecule has 0 aliphatic rings. The van der Waals surface area contributed by atoms with Gasteiger partial charge in [-0.2, -0.15) is 5.10 Å². The molecule has 9 nitrogen and oxygen atoms in total. The van der Waals surface area contributed by atoms with Crippen LogP contribution in [0.4, 0.5) is 11.5 Å². The number of hydrogen-bond donors (Lipinski definition) is 3. The number of anilines is 2. The van der Waals surface area contributed by atoms with E-state index in [4.69, 9.17) is 9.72 Å². The quantitative estimate of drug-likeness (QED) is 0.244. The van der Waals surface area contributed by atoms with Gasteiger partial charge in [0.15, 0.2) is 5.82 Å². The normalized spacial score (nSPS) is 11.1. The predicted molar refractivity (Wildman–Crippen MR) is 145 cm³/mol. The van der Waals surface area contributed by atoms with Gasteiger partial charge in [0.05, 0.1) is 12.8 Å². The van der Waals surface area contributed by atoms with Crippen molar-refractivity contribution < 1.29 is 9.53 Å². The Morgan fingerprint density at radius 2 is 1.86 bits per heavy atom. The summed E-state index contributed by atoms with van der Waals surface area (Å²) in [6.07, 6.45) is 6.27. The number of H-pyrrole nitrogens is 2. The molecule has 2 aromatic carbocycles. The van der Waals surface area contributed by atoms with Crippen LogP contribution in [0, 0.1) is 0 Å². The van der Waals surface area contributed by atoms with Gasteiger partial charge < -0.3 is 19.9 Å². The van der Waals surface area contributed by atoms with Crippen LogP contribution in [0.15, 0.2) is 73.2 Å². The summed E-state index contributed by atoms with van der Waals surface area (Å²) in [4.78, 5) is 27.3. The van der Waals surface area contributed by atoms with Crippen molar-refractivity contribution in [2.75, 3.05) is 32.1 Å². The molecule has 0 saturated carbocycles. The molecule has 3 N–H and O–H groups in total. The molecule has 0 aliphatic heterocycles. The molecule has 3 heterocycles. The minimum Gasteiger partial charge on any atom is -0.383 e. The molecule has 0 spiro atoms. The Bertz CT molecular complexity index is 1480. The van der Waals surface area contributed by atoms with Gasteiger partial charge in [0.25, 0.3) is 5.91 Å².